The van der Waals surface area contributed by atoms with Gasteiger partial charge in [0, 0.05) is 12.9 Å². The molecule has 80 valence electrons. The Morgan fingerprint density at radius 3 is 2.50 bits per heavy atom. The zero-order valence-corrected chi connectivity index (χ0v) is 10.0. The molecular weight excluding hydrogens is 199 g/mol. The molecule has 0 aromatic carbocycles. The number of hydrogen-bond donors (Lipinski definition) is 0. The topological polar surface area (TPSA) is 35.5 Å². The average molecular weight is 216 g/mol. The molecule has 14 heavy (non-hydrogen) atoms. The van der Waals surface area contributed by atoms with Crippen molar-refractivity contribution in [2.75, 3.05) is 7.11 Å². The predicted molar refractivity (Wildman–Crippen MR) is 58.0 cm³/mol. The summed E-state index contributed by atoms with van der Waals surface area (Å²) in [5.74, 6) is 3.84. The molecule has 0 bridgehead atoms. The second-order valence-corrected chi connectivity index (χ2v) is 5.19. The van der Waals surface area contributed by atoms with Gasteiger partial charge in [0.05, 0.1) is 0 Å². The summed E-state index contributed by atoms with van der Waals surface area (Å²) >= 11 is 0. The van der Waals surface area contributed by atoms with E-state index in [1.165, 1.54) is 12.9 Å². The molecule has 0 aliphatic heterocycles. The number of rotatable bonds is 5. The van der Waals surface area contributed by atoms with Gasteiger partial charge in [0.15, 0.2) is 0 Å². The number of terminal acetylenes is 1. The van der Waals surface area contributed by atoms with Crippen LogP contribution in [0.1, 0.15) is 27.2 Å². The van der Waals surface area contributed by atoms with Crippen LogP contribution in [0.25, 0.3) is 0 Å². The van der Waals surface area contributed by atoms with Crippen LogP contribution in [0.4, 0.5) is 0 Å². The van der Waals surface area contributed by atoms with Crippen LogP contribution in [0, 0.1) is 12.3 Å². The lowest BCUT2D eigenvalue weighted by Gasteiger charge is -2.22. The van der Waals surface area contributed by atoms with E-state index in [9.17, 15) is 4.57 Å². The third-order valence-corrected chi connectivity index (χ3v) is 3.28. The van der Waals surface area contributed by atoms with Gasteiger partial charge in [0.2, 0.25) is 0 Å². The van der Waals surface area contributed by atoms with E-state index >= 15 is 0 Å². The minimum atomic E-state index is -3.18. The molecule has 0 amide bonds. The summed E-state index contributed by atoms with van der Waals surface area (Å²) in [5.41, 5.74) is -0.885. The van der Waals surface area contributed by atoms with Gasteiger partial charge in [-0.05, 0) is 20.3 Å². The van der Waals surface area contributed by atoms with Gasteiger partial charge in [0.25, 0.3) is 0 Å². The summed E-state index contributed by atoms with van der Waals surface area (Å²) in [7, 11) is -1.84. The first-order valence-electron chi connectivity index (χ1n) is 4.41. The zero-order chi connectivity index (χ0) is 11.2. The highest BCUT2D eigenvalue weighted by Gasteiger charge is 2.28. The molecule has 0 radical (unpaired) electrons. The zero-order valence-electron chi connectivity index (χ0n) is 9.11. The first kappa shape index (κ1) is 13.4. The largest absolute Gasteiger partial charge is 0.355 e. The van der Waals surface area contributed by atoms with E-state index in [4.69, 9.17) is 15.5 Å². The molecule has 1 atom stereocenters. The van der Waals surface area contributed by atoms with Gasteiger partial charge >= 0.3 is 7.60 Å². The molecule has 0 fully saturated rings. The Labute approximate surface area is 86.0 Å². The summed E-state index contributed by atoms with van der Waals surface area (Å²) in [6, 6.07) is 0. The van der Waals surface area contributed by atoms with Gasteiger partial charge in [-0.1, -0.05) is 18.9 Å². The maximum atomic E-state index is 11.9. The van der Waals surface area contributed by atoms with Crippen molar-refractivity contribution in [1.29, 1.82) is 0 Å². The summed E-state index contributed by atoms with van der Waals surface area (Å²) < 4.78 is 22.0. The van der Waals surface area contributed by atoms with Crippen LogP contribution in [-0.2, 0) is 13.6 Å². The van der Waals surface area contributed by atoms with E-state index in [0.717, 1.165) is 6.42 Å². The molecule has 0 N–H and O–H groups in total. The molecule has 0 heterocycles. The summed E-state index contributed by atoms with van der Waals surface area (Å²) in [5, 5.41) is 0. The van der Waals surface area contributed by atoms with E-state index in [1.807, 2.05) is 6.92 Å². The lowest BCUT2D eigenvalue weighted by molar-refractivity contribution is 0.142. The quantitative estimate of drug-likeness (QED) is 0.523. The third kappa shape index (κ3) is 4.62. The van der Waals surface area contributed by atoms with Crippen LogP contribution in [0.5, 0.6) is 0 Å². The van der Waals surface area contributed by atoms with Crippen LogP contribution in [0.2, 0.25) is 0 Å². The molecule has 0 saturated heterocycles. The van der Waals surface area contributed by atoms with E-state index in [2.05, 4.69) is 5.92 Å². The minimum absolute atomic E-state index is 0.771. The molecule has 0 aliphatic rings. The monoisotopic (exact) mass is 216 g/mol. The van der Waals surface area contributed by atoms with Crippen molar-refractivity contribution < 1.29 is 13.6 Å². The van der Waals surface area contributed by atoms with E-state index in [-0.39, 0.29) is 0 Å². The molecule has 0 aliphatic carbocycles. The van der Waals surface area contributed by atoms with Crippen LogP contribution in [-0.4, -0.2) is 12.7 Å². The Hall–Kier alpha value is -0.550. The summed E-state index contributed by atoms with van der Waals surface area (Å²) in [6.07, 6.45) is 7.73. The lowest BCUT2D eigenvalue weighted by Crippen LogP contribution is -2.19. The van der Waals surface area contributed by atoms with Crippen molar-refractivity contribution in [2.45, 2.75) is 32.8 Å². The Kier molecular flexibility index (Phi) is 5.15. The Morgan fingerprint density at radius 1 is 1.57 bits per heavy atom. The lowest BCUT2D eigenvalue weighted by atomic mass is 10.2. The van der Waals surface area contributed by atoms with Crippen molar-refractivity contribution in [3.8, 4) is 12.3 Å². The van der Waals surface area contributed by atoms with Crippen molar-refractivity contribution in [3.05, 3.63) is 11.9 Å². The standard InChI is InChI=1S/C10H17O3P/c1-6-8-9-14(11,12-5)13-10(3,4)7-2/h2,8-9H,6H2,1,3-5H3. The molecular formula is C10H17O3P. The highest BCUT2D eigenvalue weighted by atomic mass is 31.2. The van der Waals surface area contributed by atoms with E-state index in [1.54, 1.807) is 19.9 Å². The summed E-state index contributed by atoms with van der Waals surface area (Å²) in [4.78, 5) is 0. The second-order valence-electron chi connectivity index (χ2n) is 3.26. The van der Waals surface area contributed by atoms with Gasteiger partial charge in [-0.3, -0.25) is 9.09 Å². The Bertz CT molecular complexity index is 286. The molecule has 3 nitrogen and oxygen atoms in total. The maximum absolute atomic E-state index is 11.9. The highest BCUT2D eigenvalue weighted by Crippen LogP contribution is 2.52. The van der Waals surface area contributed by atoms with Gasteiger partial charge in [-0.25, -0.2) is 0 Å². The fraction of sp³-hybridized carbons (Fsp3) is 0.600. The van der Waals surface area contributed by atoms with Crippen LogP contribution >= 0.6 is 7.60 Å². The third-order valence-electron chi connectivity index (χ3n) is 1.48. The predicted octanol–water partition coefficient (Wildman–Crippen LogP) is 3.18. The van der Waals surface area contributed by atoms with Crippen molar-refractivity contribution in [3.63, 3.8) is 0 Å². The van der Waals surface area contributed by atoms with Gasteiger partial charge in [0.1, 0.15) is 5.60 Å². The molecule has 1 unspecified atom stereocenters. The van der Waals surface area contributed by atoms with Gasteiger partial charge in [-0.2, -0.15) is 0 Å². The first-order chi connectivity index (χ1) is 6.39. The normalized spacial score (nSPS) is 16.5. The Morgan fingerprint density at radius 2 is 2.14 bits per heavy atom. The van der Waals surface area contributed by atoms with Crippen LogP contribution < -0.4 is 0 Å². The highest BCUT2D eigenvalue weighted by molar-refractivity contribution is 7.57. The molecule has 0 aromatic heterocycles. The van der Waals surface area contributed by atoms with Crippen LogP contribution in [0.3, 0.4) is 0 Å². The first-order valence-corrected chi connectivity index (χ1v) is 6.02. The molecule has 0 aromatic rings. The number of allylic oxidation sites excluding steroid dienone is 1. The Balaban J connectivity index is 4.67. The van der Waals surface area contributed by atoms with Crippen molar-refractivity contribution in [1.82, 2.24) is 0 Å². The van der Waals surface area contributed by atoms with Crippen molar-refractivity contribution >= 4 is 7.60 Å². The summed E-state index contributed by atoms with van der Waals surface area (Å²) in [6.45, 7) is 5.26. The van der Waals surface area contributed by atoms with Crippen molar-refractivity contribution in [2.24, 2.45) is 0 Å². The molecule has 0 spiro atoms. The van der Waals surface area contributed by atoms with E-state index < -0.39 is 13.2 Å². The average Bonchev–Trinajstić information content (AvgIpc) is 2.14. The molecule has 4 heteroatoms. The number of hydrogen-bond acceptors (Lipinski definition) is 3. The molecule has 0 saturated carbocycles. The van der Waals surface area contributed by atoms with Gasteiger partial charge in [-0.15, -0.1) is 6.42 Å². The SMILES string of the molecule is C#CC(C)(C)OP(=O)(C=CCC)OC. The van der Waals surface area contributed by atoms with Crippen LogP contribution in [0.15, 0.2) is 11.9 Å². The fourth-order valence-corrected chi connectivity index (χ4v) is 2.12. The van der Waals surface area contributed by atoms with E-state index in [0.29, 0.717) is 0 Å². The fourth-order valence-electron chi connectivity index (χ4n) is 0.708. The minimum Gasteiger partial charge on any atom is -0.309 e. The maximum Gasteiger partial charge on any atom is 0.355 e. The van der Waals surface area contributed by atoms with Gasteiger partial charge < -0.3 is 4.52 Å². The molecule has 0 rings (SSSR count). The second kappa shape index (κ2) is 5.36. The smallest absolute Gasteiger partial charge is 0.309 e.